The number of hydrogen-bond donors (Lipinski definition) is 1. The third-order valence-electron chi connectivity index (χ3n) is 4.36. The van der Waals surface area contributed by atoms with E-state index in [0.717, 1.165) is 0 Å². The lowest BCUT2D eigenvalue weighted by Gasteiger charge is -2.23. The van der Waals surface area contributed by atoms with Gasteiger partial charge in [-0.15, -0.1) is 0 Å². The second kappa shape index (κ2) is 6.75. The van der Waals surface area contributed by atoms with E-state index in [1.807, 2.05) is 0 Å². The Morgan fingerprint density at radius 2 is 1.96 bits per heavy atom. The quantitative estimate of drug-likeness (QED) is 0.677. The van der Waals surface area contributed by atoms with Gasteiger partial charge in [0.15, 0.2) is 5.78 Å². The number of nitrogens with one attached hydrogen (secondary N) is 1. The largest absolute Gasteiger partial charge is 0.310 e. The van der Waals surface area contributed by atoms with Crippen LogP contribution < -0.4 is 5.32 Å². The lowest BCUT2D eigenvalue weighted by atomic mass is 9.85. The van der Waals surface area contributed by atoms with Crippen LogP contribution in [0.25, 0.3) is 5.95 Å². The van der Waals surface area contributed by atoms with Crippen LogP contribution in [0.4, 0.5) is 5.82 Å². The van der Waals surface area contributed by atoms with Crippen molar-refractivity contribution in [1.82, 2.24) is 19.7 Å². The molecule has 136 valence electrons. The molecule has 1 aliphatic rings. The molecule has 27 heavy (non-hydrogen) atoms. The van der Waals surface area contributed by atoms with Gasteiger partial charge in [-0.25, -0.2) is 9.97 Å². The molecule has 1 N–H and O–H groups in total. The van der Waals surface area contributed by atoms with E-state index in [-0.39, 0.29) is 23.1 Å². The molecule has 1 atom stereocenters. The van der Waals surface area contributed by atoms with Gasteiger partial charge < -0.3 is 5.32 Å². The number of benzene rings is 1. The van der Waals surface area contributed by atoms with Gasteiger partial charge in [0.1, 0.15) is 5.82 Å². The van der Waals surface area contributed by atoms with Crippen LogP contribution in [0.3, 0.4) is 0 Å². The second-order valence-corrected chi connectivity index (χ2v) is 6.92. The highest BCUT2D eigenvalue weighted by molar-refractivity contribution is 6.42. The third-order valence-corrected chi connectivity index (χ3v) is 5.10. The fourth-order valence-corrected chi connectivity index (χ4v) is 3.47. The lowest BCUT2D eigenvalue weighted by Crippen LogP contribution is -2.28. The first-order valence-corrected chi connectivity index (χ1v) is 8.87. The molecule has 7 nitrogen and oxygen atoms in total. The number of Topliss-reactive ketones (excluding diaryl/α,β-unsaturated/α-hetero) is 1. The molecule has 1 aliphatic heterocycles. The zero-order chi connectivity index (χ0) is 19.1. The zero-order valence-corrected chi connectivity index (χ0v) is 15.6. The molecule has 3 aromatic rings. The Labute approximate surface area is 164 Å². The molecule has 1 amide bonds. The van der Waals surface area contributed by atoms with Gasteiger partial charge in [-0.2, -0.15) is 9.78 Å². The molecule has 3 heterocycles. The minimum Gasteiger partial charge on any atom is -0.310 e. The number of amides is 1. The standard InChI is InChI=1S/C18H13Cl2N5O2/c1-9-15-11(16(27)10-3-4-12(19)13(20)7-10)8-14(26)23-17(15)25(24-9)18-21-5-2-6-22-18/h2-7,11H,8H2,1H3,(H,23,26)/t11-/m0/s1. The van der Waals surface area contributed by atoms with Crippen molar-refractivity contribution >= 4 is 40.7 Å². The minimum atomic E-state index is -0.677. The molecule has 0 radical (unpaired) electrons. The number of hydrogen-bond acceptors (Lipinski definition) is 5. The minimum absolute atomic E-state index is 0.0221. The van der Waals surface area contributed by atoms with Gasteiger partial charge in [-0.3, -0.25) is 9.59 Å². The van der Waals surface area contributed by atoms with Gasteiger partial charge in [0.2, 0.25) is 5.91 Å². The molecule has 0 bridgehead atoms. The van der Waals surface area contributed by atoms with Crippen molar-refractivity contribution in [2.75, 3.05) is 5.32 Å². The van der Waals surface area contributed by atoms with Crippen LogP contribution >= 0.6 is 23.2 Å². The van der Waals surface area contributed by atoms with Gasteiger partial charge >= 0.3 is 0 Å². The molecular formula is C18H13Cl2N5O2. The maximum atomic E-state index is 13.1. The van der Waals surface area contributed by atoms with E-state index < -0.39 is 5.92 Å². The van der Waals surface area contributed by atoms with E-state index in [4.69, 9.17) is 23.2 Å². The number of carbonyl (C=O) groups excluding carboxylic acids is 2. The Balaban J connectivity index is 1.82. The van der Waals surface area contributed by atoms with E-state index in [9.17, 15) is 9.59 Å². The summed E-state index contributed by atoms with van der Waals surface area (Å²) in [6.45, 7) is 1.78. The van der Waals surface area contributed by atoms with Crippen LogP contribution in [-0.2, 0) is 4.79 Å². The van der Waals surface area contributed by atoms with Gasteiger partial charge in [0.25, 0.3) is 5.95 Å². The van der Waals surface area contributed by atoms with Crippen molar-refractivity contribution in [1.29, 1.82) is 0 Å². The maximum absolute atomic E-state index is 13.1. The first-order chi connectivity index (χ1) is 13.0. The van der Waals surface area contributed by atoms with Crippen molar-refractivity contribution < 1.29 is 9.59 Å². The summed E-state index contributed by atoms with van der Waals surface area (Å²) < 4.78 is 1.44. The number of aryl methyl sites for hydroxylation is 1. The summed E-state index contributed by atoms with van der Waals surface area (Å²) in [7, 11) is 0. The molecule has 0 unspecified atom stereocenters. The molecule has 9 heteroatoms. The number of anilines is 1. The van der Waals surface area contributed by atoms with E-state index in [2.05, 4.69) is 20.4 Å². The van der Waals surface area contributed by atoms with Crippen LogP contribution in [0.5, 0.6) is 0 Å². The van der Waals surface area contributed by atoms with Crippen LogP contribution in [0.2, 0.25) is 10.0 Å². The molecule has 4 rings (SSSR count). The SMILES string of the molecule is Cc1nn(-c2ncccn2)c2c1[C@@H](C(=O)c1ccc(Cl)c(Cl)c1)CC(=O)N2. The first-order valence-electron chi connectivity index (χ1n) is 8.11. The Bertz CT molecular complexity index is 1070. The summed E-state index contributed by atoms with van der Waals surface area (Å²) in [5, 5.41) is 7.87. The summed E-state index contributed by atoms with van der Waals surface area (Å²) in [6.07, 6.45) is 3.18. The van der Waals surface area contributed by atoms with E-state index in [1.54, 1.807) is 37.5 Å². The predicted octanol–water partition coefficient (Wildman–Crippen LogP) is 3.59. The summed E-state index contributed by atoms with van der Waals surface area (Å²) in [5.41, 5.74) is 1.66. The predicted molar refractivity (Wildman–Crippen MR) is 101 cm³/mol. The lowest BCUT2D eigenvalue weighted by molar-refractivity contribution is -0.116. The van der Waals surface area contributed by atoms with Crippen LogP contribution in [0.1, 0.15) is 34.0 Å². The Morgan fingerprint density at radius 1 is 1.22 bits per heavy atom. The van der Waals surface area contributed by atoms with Gasteiger partial charge in [0.05, 0.1) is 21.7 Å². The van der Waals surface area contributed by atoms with Gasteiger partial charge in [0, 0.05) is 29.9 Å². The van der Waals surface area contributed by atoms with E-state index in [0.29, 0.717) is 33.6 Å². The van der Waals surface area contributed by atoms with Crippen molar-refractivity contribution in [3.63, 3.8) is 0 Å². The average Bonchev–Trinajstić information content (AvgIpc) is 3.00. The van der Waals surface area contributed by atoms with Crippen LogP contribution in [0, 0.1) is 6.92 Å². The van der Waals surface area contributed by atoms with Crippen molar-refractivity contribution in [3.8, 4) is 5.95 Å². The summed E-state index contributed by atoms with van der Waals surface area (Å²) in [6, 6.07) is 6.36. The number of halogens is 2. The number of rotatable bonds is 3. The summed E-state index contributed by atoms with van der Waals surface area (Å²) >= 11 is 12.0. The average molecular weight is 402 g/mol. The zero-order valence-electron chi connectivity index (χ0n) is 14.1. The number of nitrogens with zero attached hydrogens (tertiary/aromatic N) is 4. The second-order valence-electron chi connectivity index (χ2n) is 6.11. The molecule has 0 saturated heterocycles. The normalized spacial score (nSPS) is 16.0. The third kappa shape index (κ3) is 3.09. The fraction of sp³-hybridized carbons (Fsp3) is 0.167. The number of ketones is 1. The number of carbonyl (C=O) groups is 2. The highest BCUT2D eigenvalue weighted by Gasteiger charge is 2.36. The molecule has 0 aliphatic carbocycles. The number of aromatic nitrogens is 4. The summed E-state index contributed by atoms with van der Waals surface area (Å²) in [5.74, 6) is -0.458. The molecular weight excluding hydrogens is 389 g/mol. The Kier molecular flexibility index (Phi) is 4.41. The maximum Gasteiger partial charge on any atom is 0.252 e. The molecule has 0 fully saturated rings. The van der Waals surface area contributed by atoms with Crippen molar-refractivity contribution in [3.05, 3.63) is 63.5 Å². The van der Waals surface area contributed by atoms with E-state index in [1.165, 1.54) is 10.7 Å². The van der Waals surface area contributed by atoms with Gasteiger partial charge in [-0.1, -0.05) is 23.2 Å². The first kappa shape index (κ1) is 17.6. The monoisotopic (exact) mass is 401 g/mol. The van der Waals surface area contributed by atoms with Crippen molar-refractivity contribution in [2.24, 2.45) is 0 Å². The smallest absolute Gasteiger partial charge is 0.252 e. The van der Waals surface area contributed by atoms with Crippen LogP contribution in [0.15, 0.2) is 36.7 Å². The molecule has 1 aromatic carbocycles. The summed E-state index contributed by atoms with van der Waals surface area (Å²) in [4.78, 5) is 33.7. The Hall–Kier alpha value is -2.77. The fourth-order valence-electron chi connectivity index (χ4n) is 3.17. The topological polar surface area (TPSA) is 89.8 Å². The number of fused-ring (bicyclic) bond motifs is 1. The van der Waals surface area contributed by atoms with Crippen molar-refractivity contribution in [2.45, 2.75) is 19.3 Å². The highest BCUT2D eigenvalue weighted by atomic mass is 35.5. The van der Waals surface area contributed by atoms with Crippen LogP contribution in [-0.4, -0.2) is 31.4 Å². The Morgan fingerprint density at radius 3 is 2.67 bits per heavy atom. The molecule has 0 spiro atoms. The molecule has 2 aromatic heterocycles. The molecule has 0 saturated carbocycles. The van der Waals surface area contributed by atoms with E-state index >= 15 is 0 Å². The highest BCUT2D eigenvalue weighted by Crippen LogP contribution is 2.38. The van der Waals surface area contributed by atoms with Gasteiger partial charge in [-0.05, 0) is 31.2 Å².